The van der Waals surface area contributed by atoms with Crippen LogP contribution in [0.4, 0.5) is 11.4 Å². The van der Waals surface area contributed by atoms with Crippen molar-refractivity contribution >= 4 is 34.0 Å². The summed E-state index contributed by atoms with van der Waals surface area (Å²) in [4.78, 5) is 13.9. The van der Waals surface area contributed by atoms with Crippen LogP contribution in [0.2, 0.25) is 0 Å². The Morgan fingerprint density at radius 1 is 1.30 bits per heavy atom. The molecule has 0 amide bonds. The molecule has 0 radical (unpaired) electrons. The fraction of sp³-hybridized carbons (Fsp3) is 0.0769. The molecule has 0 spiro atoms. The number of benzene rings is 1. The third kappa shape index (κ3) is 2.85. The number of pyridine rings is 1. The molecule has 0 saturated carbocycles. The number of aromatic hydroxyl groups is 1. The summed E-state index contributed by atoms with van der Waals surface area (Å²) in [6.45, 7) is 1.54. The summed E-state index contributed by atoms with van der Waals surface area (Å²) in [5, 5.41) is 26.2. The highest BCUT2D eigenvalue weighted by atomic mass is 127. The number of nitriles is 1. The second kappa shape index (κ2) is 5.83. The van der Waals surface area contributed by atoms with Gasteiger partial charge in [-0.1, -0.05) is 0 Å². The molecule has 0 atom stereocenters. The molecule has 2 N–H and O–H groups in total. The Hall–Kier alpha value is -2.21. The highest BCUT2D eigenvalue weighted by Crippen LogP contribution is 2.24. The molecule has 0 fully saturated rings. The smallest absolute Gasteiger partial charge is 0.278 e. The molecule has 20 heavy (non-hydrogen) atoms. The molecule has 7 heteroatoms. The van der Waals surface area contributed by atoms with Crippen LogP contribution < -0.4 is 5.56 Å². The molecule has 0 bridgehead atoms. The number of halogens is 1. The number of hydrogen-bond acceptors (Lipinski definition) is 5. The van der Waals surface area contributed by atoms with E-state index in [4.69, 9.17) is 5.26 Å². The molecule has 0 saturated heterocycles. The molecular weight excluding hydrogens is 371 g/mol. The highest BCUT2D eigenvalue weighted by Gasteiger charge is 2.13. The molecule has 0 aliphatic rings. The van der Waals surface area contributed by atoms with Crippen LogP contribution in [0.25, 0.3) is 0 Å². The summed E-state index contributed by atoms with van der Waals surface area (Å²) < 4.78 is 1.06. The van der Waals surface area contributed by atoms with Crippen molar-refractivity contribution in [2.45, 2.75) is 6.92 Å². The van der Waals surface area contributed by atoms with Crippen molar-refractivity contribution < 1.29 is 5.11 Å². The van der Waals surface area contributed by atoms with Gasteiger partial charge in [0.1, 0.15) is 11.6 Å². The molecule has 1 heterocycles. The van der Waals surface area contributed by atoms with Crippen LogP contribution in [0.5, 0.6) is 5.88 Å². The second-order valence-electron chi connectivity index (χ2n) is 3.94. The largest absolute Gasteiger partial charge is 0.494 e. The molecule has 0 aliphatic heterocycles. The highest BCUT2D eigenvalue weighted by molar-refractivity contribution is 14.1. The number of aromatic nitrogens is 1. The van der Waals surface area contributed by atoms with Gasteiger partial charge in [-0.05, 0) is 53.8 Å². The van der Waals surface area contributed by atoms with Crippen molar-refractivity contribution in [3.8, 4) is 11.9 Å². The minimum Gasteiger partial charge on any atom is -0.494 e. The van der Waals surface area contributed by atoms with Gasteiger partial charge < -0.3 is 5.11 Å². The SMILES string of the molecule is Cc1c(C#N)c(O)[nH]c(=O)c1N=Nc1ccc(I)cc1. The van der Waals surface area contributed by atoms with Crippen LogP contribution in [0.3, 0.4) is 0 Å². The van der Waals surface area contributed by atoms with Crippen molar-refractivity contribution in [1.29, 1.82) is 5.26 Å². The van der Waals surface area contributed by atoms with E-state index < -0.39 is 11.4 Å². The lowest BCUT2D eigenvalue weighted by Gasteiger charge is -2.02. The van der Waals surface area contributed by atoms with Crippen molar-refractivity contribution in [1.82, 2.24) is 4.98 Å². The van der Waals surface area contributed by atoms with Crippen LogP contribution >= 0.6 is 22.6 Å². The van der Waals surface area contributed by atoms with E-state index >= 15 is 0 Å². The maximum absolute atomic E-state index is 11.7. The summed E-state index contributed by atoms with van der Waals surface area (Å²) in [5.41, 5.74) is 0.297. The van der Waals surface area contributed by atoms with Gasteiger partial charge in [0.05, 0.1) is 5.69 Å². The average molecular weight is 380 g/mol. The standard InChI is InChI=1S/C13H9IN4O2/c1-7-10(6-15)12(19)16-13(20)11(7)18-17-9-4-2-8(14)3-5-9/h2-5H,1H3,(H2,16,19,20). The van der Waals surface area contributed by atoms with E-state index in [9.17, 15) is 9.90 Å². The zero-order valence-electron chi connectivity index (χ0n) is 10.4. The van der Waals surface area contributed by atoms with Crippen LogP contribution in [0, 0.1) is 21.8 Å². The normalized spacial score (nSPS) is 10.7. The summed E-state index contributed by atoms with van der Waals surface area (Å²) in [6, 6.07) is 9.07. The van der Waals surface area contributed by atoms with Gasteiger partial charge in [0, 0.05) is 9.13 Å². The van der Waals surface area contributed by atoms with E-state index in [0.29, 0.717) is 11.3 Å². The number of H-pyrrole nitrogens is 1. The van der Waals surface area contributed by atoms with E-state index in [1.807, 2.05) is 18.2 Å². The van der Waals surface area contributed by atoms with Gasteiger partial charge in [0.25, 0.3) is 5.56 Å². The monoisotopic (exact) mass is 380 g/mol. The van der Waals surface area contributed by atoms with Crippen molar-refractivity contribution in [3.05, 3.63) is 49.3 Å². The molecule has 0 unspecified atom stereocenters. The fourth-order valence-corrected chi connectivity index (χ4v) is 1.93. The Kier molecular flexibility index (Phi) is 4.14. The lowest BCUT2D eigenvalue weighted by molar-refractivity contribution is 0.449. The fourth-order valence-electron chi connectivity index (χ4n) is 1.57. The van der Waals surface area contributed by atoms with Gasteiger partial charge >= 0.3 is 0 Å². The van der Waals surface area contributed by atoms with E-state index in [1.54, 1.807) is 12.1 Å². The third-order valence-corrected chi connectivity index (χ3v) is 3.34. The number of aromatic amines is 1. The number of rotatable bonds is 2. The second-order valence-corrected chi connectivity index (χ2v) is 5.19. The van der Waals surface area contributed by atoms with Crippen molar-refractivity contribution in [2.75, 3.05) is 0 Å². The Bertz CT molecular complexity index is 773. The Balaban J connectivity index is 2.47. The lowest BCUT2D eigenvalue weighted by Crippen LogP contribution is -2.08. The molecule has 100 valence electrons. The summed E-state index contributed by atoms with van der Waals surface area (Å²) in [6.07, 6.45) is 0. The van der Waals surface area contributed by atoms with Gasteiger partial charge in [-0.3, -0.25) is 9.78 Å². The number of azo groups is 1. The van der Waals surface area contributed by atoms with Crippen LogP contribution in [-0.4, -0.2) is 10.1 Å². The average Bonchev–Trinajstić information content (AvgIpc) is 2.40. The minimum absolute atomic E-state index is 0.0119. The maximum atomic E-state index is 11.7. The van der Waals surface area contributed by atoms with Gasteiger partial charge in [0.2, 0.25) is 5.88 Å². The van der Waals surface area contributed by atoms with Crippen LogP contribution in [-0.2, 0) is 0 Å². The molecular formula is C13H9IN4O2. The minimum atomic E-state index is -0.590. The number of nitrogens with zero attached hydrogens (tertiary/aromatic N) is 3. The quantitative estimate of drug-likeness (QED) is 0.618. The topological polar surface area (TPSA) is 102 Å². The zero-order valence-corrected chi connectivity index (χ0v) is 12.5. The first-order valence-corrected chi connectivity index (χ1v) is 6.64. The Morgan fingerprint density at radius 3 is 2.55 bits per heavy atom. The van der Waals surface area contributed by atoms with Gasteiger partial charge in [0.15, 0.2) is 5.69 Å². The van der Waals surface area contributed by atoms with E-state index in [0.717, 1.165) is 3.57 Å². The first kappa shape index (κ1) is 14.2. The predicted molar refractivity (Wildman–Crippen MR) is 81.5 cm³/mol. The van der Waals surface area contributed by atoms with Crippen LogP contribution in [0.1, 0.15) is 11.1 Å². The Labute approximate surface area is 127 Å². The number of hydrogen-bond donors (Lipinski definition) is 2. The van der Waals surface area contributed by atoms with Crippen molar-refractivity contribution in [2.24, 2.45) is 10.2 Å². The molecule has 1 aromatic heterocycles. The molecule has 2 rings (SSSR count). The van der Waals surface area contributed by atoms with E-state index in [1.165, 1.54) is 6.92 Å². The van der Waals surface area contributed by atoms with E-state index in [2.05, 4.69) is 37.8 Å². The van der Waals surface area contributed by atoms with Crippen molar-refractivity contribution in [3.63, 3.8) is 0 Å². The first-order chi connectivity index (χ1) is 9.52. The summed E-state index contributed by atoms with van der Waals surface area (Å²) in [7, 11) is 0. The maximum Gasteiger partial charge on any atom is 0.278 e. The van der Waals surface area contributed by atoms with Crippen LogP contribution in [0.15, 0.2) is 39.3 Å². The van der Waals surface area contributed by atoms with E-state index in [-0.39, 0.29) is 11.3 Å². The number of nitrogens with one attached hydrogen (secondary N) is 1. The van der Waals surface area contributed by atoms with Gasteiger partial charge in [-0.2, -0.15) is 10.4 Å². The Morgan fingerprint density at radius 2 is 1.95 bits per heavy atom. The summed E-state index contributed by atoms with van der Waals surface area (Å²) >= 11 is 2.17. The first-order valence-electron chi connectivity index (χ1n) is 5.56. The predicted octanol–water partition coefficient (Wildman–Crippen LogP) is 3.28. The zero-order chi connectivity index (χ0) is 14.7. The molecule has 2 aromatic rings. The van der Waals surface area contributed by atoms with Gasteiger partial charge in [-0.15, -0.1) is 5.11 Å². The summed E-state index contributed by atoms with van der Waals surface area (Å²) in [5.74, 6) is -0.455. The lowest BCUT2D eigenvalue weighted by atomic mass is 10.1. The molecule has 6 nitrogen and oxygen atoms in total. The third-order valence-electron chi connectivity index (χ3n) is 2.62. The molecule has 1 aromatic carbocycles. The van der Waals surface area contributed by atoms with Gasteiger partial charge in [-0.25, -0.2) is 0 Å². The molecule has 0 aliphatic carbocycles.